The summed E-state index contributed by atoms with van der Waals surface area (Å²) in [5, 5.41) is 11.6. The molecule has 184 valence electrons. The van der Waals surface area contributed by atoms with Crippen molar-refractivity contribution in [3.05, 3.63) is 118 Å². The maximum Gasteiger partial charge on any atom is 0.266 e. The highest BCUT2D eigenvalue weighted by molar-refractivity contribution is 8.18. The van der Waals surface area contributed by atoms with Gasteiger partial charge in [-0.15, -0.1) is 0 Å². The summed E-state index contributed by atoms with van der Waals surface area (Å²) in [6.45, 7) is 2.53. The quantitative estimate of drug-likeness (QED) is 0.310. The Morgan fingerprint density at radius 2 is 1.70 bits per heavy atom. The van der Waals surface area contributed by atoms with E-state index in [9.17, 15) is 14.7 Å². The summed E-state index contributed by atoms with van der Waals surface area (Å²) >= 11 is 1.32. The minimum atomic E-state index is -1.23. The first-order chi connectivity index (χ1) is 18.0. The number of nitrogens with zero attached hydrogens (tertiary/aromatic N) is 2. The topological polar surface area (TPSA) is 85.9 Å². The molecule has 1 saturated heterocycles. The lowest BCUT2D eigenvalue weighted by Crippen LogP contribution is -2.31. The highest BCUT2D eigenvalue weighted by atomic mass is 32.2. The molecule has 1 aromatic heterocycles. The van der Waals surface area contributed by atoms with Crippen LogP contribution >= 0.6 is 11.8 Å². The van der Waals surface area contributed by atoms with Gasteiger partial charge in [-0.05, 0) is 60.5 Å². The minimum absolute atomic E-state index is 0.0987. The van der Waals surface area contributed by atoms with E-state index in [-0.39, 0.29) is 11.5 Å². The molecule has 3 aromatic carbocycles. The number of hydrogen-bond acceptors (Lipinski definition) is 6. The summed E-state index contributed by atoms with van der Waals surface area (Å²) in [5.74, 6) is -0.257. The van der Waals surface area contributed by atoms with E-state index in [2.05, 4.69) is 0 Å². The Labute approximate surface area is 219 Å². The van der Waals surface area contributed by atoms with E-state index in [0.717, 1.165) is 22.4 Å². The first-order valence-electron chi connectivity index (χ1n) is 11.8. The number of rotatable bonds is 7. The molecule has 0 N–H and O–H groups in total. The highest BCUT2D eigenvalue weighted by Crippen LogP contribution is 2.35. The molecule has 0 spiro atoms. The third-order valence-electron chi connectivity index (χ3n) is 5.92. The average molecular weight is 508 g/mol. The molecule has 0 atom stereocenters. The van der Waals surface area contributed by atoms with Crippen LogP contribution in [-0.2, 0) is 11.2 Å². The zero-order valence-electron chi connectivity index (χ0n) is 20.1. The van der Waals surface area contributed by atoms with Crippen LogP contribution in [0, 0.1) is 6.92 Å². The van der Waals surface area contributed by atoms with E-state index in [1.165, 1.54) is 23.9 Å². The number of benzene rings is 3. The second kappa shape index (κ2) is 10.7. The van der Waals surface area contributed by atoms with Crippen molar-refractivity contribution in [2.75, 3.05) is 6.54 Å². The van der Waals surface area contributed by atoms with Gasteiger partial charge in [0, 0.05) is 18.2 Å². The van der Waals surface area contributed by atoms with Crippen molar-refractivity contribution in [1.29, 1.82) is 0 Å². The molecule has 4 aromatic rings. The van der Waals surface area contributed by atoms with Gasteiger partial charge in [-0.25, -0.2) is 4.99 Å². The Kier molecular flexibility index (Phi) is 7.05. The van der Waals surface area contributed by atoms with E-state index in [0.29, 0.717) is 34.6 Å². The van der Waals surface area contributed by atoms with Crippen LogP contribution in [0.25, 0.3) is 17.4 Å². The third kappa shape index (κ3) is 5.73. The summed E-state index contributed by atoms with van der Waals surface area (Å²) in [5.41, 5.74) is 3.90. The highest BCUT2D eigenvalue weighted by Gasteiger charge is 2.33. The van der Waals surface area contributed by atoms with Crippen LogP contribution < -0.4 is 5.11 Å². The van der Waals surface area contributed by atoms with Crippen LogP contribution in [0.2, 0.25) is 0 Å². The van der Waals surface area contributed by atoms with E-state index >= 15 is 0 Å². The molecule has 0 unspecified atom stereocenters. The lowest BCUT2D eigenvalue weighted by atomic mass is 10.1. The SMILES string of the molecule is Cc1ccc(N=C2S/C(=C/c3ccc(-c4ccc(C(=O)[O-])cc4)o3)C(=O)N2CCc2ccccc2)cc1. The van der Waals surface area contributed by atoms with Crippen LogP contribution in [-0.4, -0.2) is 28.5 Å². The lowest BCUT2D eigenvalue weighted by molar-refractivity contribution is -0.255. The van der Waals surface area contributed by atoms with Crippen LogP contribution in [0.4, 0.5) is 5.69 Å². The number of amidine groups is 1. The first kappa shape index (κ1) is 24.3. The molecule has 0 aliphatic carbocycles. The van der Waals surface area contributed by atoms with E-state index in [1.807, 2.05) is 61.5 Å². The number of furan rings is 1. The molecule has 2 heterocycles. The first-order valence-corrected chi connectivity index (χ1v) is 12.6. The summed E-state index contributed by atoms with van der Waals surface area (Å²) < 4.78 is 5.95. The number of carboxylic acid groups (broad SMARTS) is 1. The van der Waals surface area contributed by atoms with Crippen molar-refractivity contribution in [3.63, 3.8) is 0 Å². The predicted octanol–water partition coefficient (Wildman–Crippen LogP) is 5.47. The molecular weight excluding hydrogens is 484 g/mol. The standard InChI is InChI=1S/C30H24N2O4S/c1-20-7-13-24(14-8-20)31-30-32(18-17-21-5-3-2-4-6-21)28(33)27(37-30)19-25-15-16-26(36-25)22-9-11-23(12-10-22)29(34)35/h2-16,19H,17-18H2,1H3,(H,34,35)/p-1/b27-19+,31-30?. The molecule has 1 fully saturated rings. The third-order valence-corrected chi connectivity index (χ3v) is 6.93. The van der Waals surface area contributed by atoms with E-state index < -0.39 is 5.97 Å². The fourth-order valence-corrected chi connectivity index (χ4v) is 4.89. The Balaban J connectivity index is 1.40. The number of amides is 1. The number of aliphatic imine (C=N–C) groups is 1. The largest absolute Gasteiger partial charge is 0.545 e. The van der Waals surface area contributed by atoms with Crippen LogP contribution in [0.3, 0.4) is 0 Å². The summed E-state index contributed by atoms with van der Waals surface area (Å²) in [6.07, 6.45) is 2.43. The zero-order chi connectivity index (χ0) is 25.8. The smallest absolute Gasteiger partial charge is 0.266 e. The van der Waals surface area contributed by atoms with Gasteiger partial charge in [0.2, 0.25) is 0 Å². The Morgan fingerprint density at radius 1 is 0.973 bits per heavy atom. The molecule has 5 rings (SSSR count). The maximum absolute atomic E-state index is 13.4. The van der Waals surface area contributed by atoms with Crippen molar-refractivity contribution in [2.24, 2.45) is 4.99 Å². The minimum Gasteiger partial charge on any atom is -0.545 e. The molecule has 0 bridgehead atoms. The van der Waals surface area contributed by atoms with Crippen molar-refractivity contribution in [2.45, 2.75) is 13.3 Å². The van der Waals surface area contributed by atoms with Gasteiger partial charge in [-0.1, -0.05) is 72.3 Å². The molecule has 0 saturated carbocycles. The maximum atomic E-state index is 13.4. The van der Waals surface area contributed by atoms with Gasteiger partial charge in [0.15, 0.2) is 5.17 Å². The molecule has 1 aliphatic heterocycles. The van der Waals surface area contributed by atoms with Crippen molar-refractivity contribution < 1.29 is 19.1 Å². The Morgan fingerprint density at radius 3 is 2.41 bits per heavy atom. The van der Waals surface area contributed by atoms with Crippen molar-refractivity contribution in [1.82, 2.24) is 4.90 Å². The van der Waals surface area contributed by atoms with Gasteiger partial charge in [0.05, 0.1) is 16.6 Å². The number of aromatic carboxylic acids is 1. The van der Waals surface area contributed by atoms with Gasteiger partial charge < -0.3 is 14.3 Å². The molecule has 6 nitrogen and oxygen atoms in total. The molecule has 1 amide bonds. The van der Waals surface area contributed by atoms with Gasteiger partial charge in [-0.3, -0.25) is 9.69 Å². The number of carbonyl (C=O) groups is 2. The normalized spacial score (nSPS) is 15.6. The Bertz CT molecular complexity index is 1490. The Hall–Kier alpha value is -4.36. The molecule has 0 radical (unpaired) electrons. The predicted molar refractivity (Wildman–Crippen MR) is 144 cm³/mol. The summed E-state index contributed by atoms with van der Waals surface area (Å²) in [4.78, 5) is 31.4. The molecule has 1 aliphatic rings. The fraction of sp³-hybridized carbons (Fsp3) is 0.100. The molecule has 37 heavy (non-hydrogen) atoms. The number of hydrogen-bond donors (Lipinski definition) is 0. The monoisotopic (exact) mass is 507 g/mol. The van der Waals surface area contributed by atoms with Crippen molar-refractivity contribution in [3.8, 4) is 11.3 Å². The van der Waals surface area contributed by atoms with Gasteiger partial charge in [0.1, 0.15) is 11.5 Å². The zero-order valence-corrected chi connectivity index (χ0v) is 20.9. The van der Waals surface area contributed by atoms with Crippen LogP contribution in [0.1, 0.15) is 27.2 Å². The number of aryl methyl sites for hydroxylation is 1. The fourth-order valence-electron chi connectivity index (χ4n) is 3.89. The lowest BCUT2D eigenvalue weighted by Gasteiger charge is -2.15. The second-order valence-corrected chi connectivity index (χ2v) is 9.61. The summed E-state index contributed by atoms with van der Waals surface area (Å²) in [6, 6.07) is 27.8. The van der Waals surface area contributed by atoms with Gasteiger partial charge in [-0.2, -0.15) is 0 Å². The van der Waals surface area contributed by atoms with Crippen LogP contribution in [0.15, 0.2) is 105 Å². The number of carboxylic acids is 1. The van der Waals surface area contributed by atoms with Gasteiger partial charge in [0.25, 0.3) is 5.91 Å². The summed E-state index contributed by atoms with van der Waals surface area (Å²) in [7, 11) is 0. The molecular formula is C30H23N2O4S-. The van der Waals surface area contributed by atoms with E-state index in [4.69, 9.17) is 9.41 Å². The van der Waals surface area contributed by atoms with E-state index in [1.54, 1.807) is 35.2 Å². The van der Waals surface area contributed by atoms with Crippen molar-refractivity contribution >= 4 is 40.6 Å². The molecule has 7 heteroatoms. The number of thioether (sulfide) groups is 1. The average Bonchev–Trinajstić information content (AvgIpc) is 3.49. The van der Waals surface area contributed by atoms with Gasteiger partial charge >= 0.3 is 0 Å². The number of carbonyl (C=O) groups excluding carboxylic acids is 2. The second-order valence-electron chi connectivity index (χ2n) is 8.60. The van der Waals surface area contributed by atoms with Crippen LogP contribution in [0.5, 0.6) is 0 Å².